The lowest BCUT2D eigenvalue weighted by molar-refractivity contribution is 0.0973. The van der Waals surface area contributed by atoms with Gasteiger partial charge in [0.15, 0.2) is 0 Å². The Morgan fingerprint density at radius 3 is 2.33 bits per heavy atom. The van der Waals surface area contributed by atoms with Crippen molar-refractivity contribution in [2.75, 3.05) is 37.3 Å². The molecule has 0 amide bonds. The van der Waals surface area contributed by atoms with E-state index in [1.807, 2.05) is 7.05 Å². The first-order chi connectivity index (χ1) is 10.1. The molecule has 1 aromatic heterocycles. The summed E-state index contributed by atoms with van der Waals surface area (Å²) in [5.74, 6) is 4.00. The van der Waals surface area contributed by atoms with Crippen LogP contribution >= 0.6 is 0 Å². The Morgan fingerprint density at radius 1 is 1.14 bits per heavy atom. The third-order valence-corrected chi connectivity index (χ3v) is 4.89. The molecule has 3 fully saturated rings. The molecule has 1 aromatic rings. The molecule has 0 aromatic carbocycles. The molecule has 116 valence electrons. The number of nitrogens with one attached hydrogen (secondary N) is 2. The minimum atomic E-state index is 0.338. The topological polar surface area (TPSA) is 53.1 Å². The van der Waals surface area contributed by atoms with Crippen LogP contribution in [-0.2, 0) is 0 Å². The average molecular weight is 289 g/mol. The summed E-state index contributed by atoms with van der Waals surface area (Å²) in [6.07, 6.45) is 2.63. The molecule has 0 saturated carbocycles. The second-order valence-electron chi connectivity index (χ2n) is 6.70. The molecule has 0 spiro atoms. The monoisotopic (exact) mass is 289 g/mol. The summed E-state index contributed by atoms with van der Waals surface area (Å²) in [6.45, 7) is 10.1. The van der Waals surface area contributed by atoms with Crippen molar-refractivity contribution in [3.63, 3.8) is 0 Å². The van der Waals surface area contributed by atoms with Crippen LogP contribution in [0.1, 0.15) is 44.0 Å². The second kappa shape index (κ2) is 5.79. The molecule has 4 heterocycles. The van der Waals surface area contributed by atoms with Crippen molar-refractivity contribution in [3.8, 4) is 0 Å². The highest BCUT2D eigenvalue weighted by atomic mass is 15.2. The van der Waals surface area contributed by atoms with Gasteiger partial charge in [0, 0.05) is 31.1 Å². The van der Waals surface area contributed by atoms with Gasteiger partial charge in [0.25, 0.3) is 0 Å². The zero-order valence-electron chi connectivity index (χ0n) is 13.6. The Hall–Kier alpha value is -1.36. The van der Waals surface area contributed by atoms with E-state index < -0.39 is 0 Å². The summed E-state index contributed by atoms with van der Waals surface area (Å²) in [5.41, 5.74) is 1.12. The van der Waals surface area contributed by atoms with Crippen molar-refractivity contribution >= 4 is 11.6 Å². The predicted molar refractivity (Wildman–Crippen MR) is 87.0 cm³/mol. The predicted octanol–water partition coefficient (Wildman–Crippen LogP) is 2.46. The van der Waals surface area contributed by atoms with Crippen LogP contribution in [0.25, 0.3) is 0 Å². The van der Waals surface area contributed by atoms with E-state index in [2.05, 4.69) is 41.3 Å². The SMILES string of the molecule is CNc1nc(C(C)C)nc(NC2CN3CCC2CC3)c1C. The molecule has 21 heavy (non-hydrogen) atoms. The van der Waals surface area contributed by atoms with E-state index in [4.69, 9.17) is 4.98 Å². The van der Waals surface area contributed by atoms with E-state index in [0.717, 1.165) is 35.5 Å². The molecule has 5 nitrogen and oxygen atoms in total. The van der Waals surface area contributed by atoms with E-state index in [9.17, 15) is 0 Å². The molecule has 0 radical (unpaired) electrons. The van der Waals surface area contributed by atoms with Gasteiger partial charge < -0.3 is 15.5 Å². The minimum absolute atomic E-state index is 0.338. The molecule has 5 heteroatoms. The van der Waals surface area contributed by atoms with Gasteiger partial charge in [-0.15, -0.1) is 0 Å². The van der Waals surface area contributed by atoms with Crippen LogP contribution in [0.4, 0.5) is 11.6 Å². The molecular formula is C16H27N5. The first-order valence-corrected chi connectivity index (χ1v) is 8.13. The fourth-order valence-electron chi connectivity index (χ4n) is 3.48. The Kier molecular flexibility index (Phi) is 4.02. The van der Waals surface area contributed by atoms with Crippen LogP contribution in [-0.4, -0.2) is 47.6 Å². The lowest BCUT2D eigenvalue weighted by Crippen LogP contribution is -2.53. The quantitative estimate of drug-likeness (QED) is 0.892. The fraction of sp³-hybridized carbons (Fsp3) is 0.750. The van der Waals surface area contributed by atoms with Crippen LogP contribution in [0.2, 0.25) is 0 Å². The maximum absolute atomic E-state index is 4.78. The first kappa shape index (κ1) is 14.6. The van der Waals surface area contributed by atoms with Crippen molar-refractivity contribution < 1.29 is 0 Å². The molecule has 1 unspecified atom stereocenters. The van der Waals surface area contributed by atoms with Crippen LogP contribution in [0, 0.1) is 12.8 Å². The number of rotatable bonds is 4. The number of aromatic nitrogens is 2. The lowest BCUT2D eigenvalue weighted by Gasteiger charge is -2.45. The van der Waals surface area contributed by atoms with E-state index in [1.165, 1.54) is 25.9 Å². The van der Waals surface area contributed by atoms with Crippen LogP contribution in [0.3, 0.4) is 0 Å². The molecule has 2 bridgehead atoms. The first-order valence-electron chi connectivity index (χ1n) is 8.13. The molecular weight excluding hydrogens is 262 g/mol. The lowest BCUT2D eigenvalue weighted by atomic mass is 9.84. The van der Waals surface area contributed by atoms with Gasteiger partial charge >= 0.3 is 0 Å². The molecule has 3 aliphatic heterocycles. The van der Waals surface area contributed by atoms with Crippen molar-refractivity contribution in [1.82, 2.24) is 14.9 Å². The molecule has 4 rings (SSSR count). The van der Waals surface area contributed by atoms with Crippen molar-refractivity contribution in [1.29, 1.82) is 0 Å². The zero-order valence-corrected chi connectivity index (χ0v) is 13.6. The van der Waals surface area contributed by atoms with Crippen molar-refractivity contribution in [2.24, 2.45) is 5.92 Å². The highest BCUT2D eigenvalue weighted by molar-refractivity contribution is 5.57. The van der Waals surface area contributed by atoms with E-state index in [-0.39, 0.29) is 0 Å². The smallest absolute Gasteiger partial charge is 0.135 e. The summed E-state index contributed by atoms with van der Waals surface area (Å²) in [7, 11) is 1.93. The van der Waals surface area contributed by atoms with Crippen molar-refractivity contribution in [3.05, 3.63) is 11.4 Å². The van der Waals surface area contributed by atoms with Crippen LogP contribution < -0.4 is 10.6 Å². The molecule has 3 aliphatic rings. The maximum atomic E-state index is 4.78. The van der Waals surface area contributed by atoms with Gasteiger partial charge in [-0.25, -0.2) is 9.97 Å². The number of fused-ring (bicyclic) bond motifs is 3. The largest absolute Gasteiger partial charge is 0.373 e. The minimum Gasteiger partial charge on any atom is -0.373 e. The van der Waals surface area contributed by atoms with Crippen molar-refractivity contribution in [2.45, 2.75) is 45.6 Å². The van der Waals surface area contributed by atoms with Gasteiger partial charge in [-0.3, -0.25) is 0 Å². The Balaban J connectivity index is 1.85. The Bertz CT molecular complexity index is 506. The van der Waals surface area contributed by atoms with Gasteiger partial charge in [-0.1, -0.05) is 13.8 Å². The van der Waals surface area contributed by atoms with Gasteiger partial charge in [-0.2, -0.15) is 0 Å². The van der Waals surface area contributed by atoms with Gasteiger partial charge in [0.2, 0.25) is 0 Å². The van der Waals surface area contributed by atoms with E-state index in [0.29, 0.717) is 12.0 Å². The Labute approximate surface area is 127 Å². The van der Waals surface area contributed by atoms with Gasteiger partial charge in [-0.05, 0) is 38.8 Å². The third-order valence-electron chi connectivity index (χ3n) is 4.89. The van der Waals surface area contributed by atoms with Gasteiger partial charge in [0.1, 0.15) is 17.5 Å². The van der Waals surface area contributed by atoms with E-state index in [1.54, 1.807) is 0 Å². The molecule has 0 aliphatic carbocycles. The second-order valence-corrected chi connectivity index (χ2v) is 6.70. The Morgan fingerprint density at radius 2 is 1.81 bits per heavy atom. The molecule has 1 atom stereocenters. The number of hydrogen-bond acceptors (Lipinski definition) is 5. The van der Waals surface area contributed by atoms with Gasteiger partial charge in [0.05, 0.1) is 0 Å². The maximum Gasteiger partial charge on any atom is 0.135 e. The summed E-state index contributed by atoms with van der Waals surface area (Å²) < 4.78 is 0. The number of nitrogens with zero attached hydrogens (tertiary/aromatic N) is 3. The summed E-state index contributed by atoms with van der Waals surface area (Å²) in [6, 6.07) is 0.533. The van der Waals surface area contributed by atoms with Crippen LogP contribution in [0.5, 0.6) is 0 Å². The number of piperidine rings is 3. The molecule has 3 saturated heterocycles. The fourth-order valence-corrected chi connectivity index (χ4v) is 3.48. The molecule has 2 N–H and O–H groups in total. The summed E-state index contributed by atoms with van der Waals surface area (Å²) >= 11 is 0. The standard InChI is InChI=1S/C16H27N5/c1-10(2)14-19-15(17-4)11(3)16(20-14)18-13-9-21-7-5-12(13)6-8-21/h10,12-13H,5-9H2,1-4H3,(H2,17,18,19,20). The third kappa shape index (κ3) is 2.84. The normalized spacial score (nSPS) is 28.0. The summed E-state index contributed by atoms with van der Waals surface area (Å²) in [5, 5.41) is 6.92. The zero-order chi connectivity index (χ0) is 15.0. The highest BCUT2D eigenvalue weighted by Gasteiger charge is 2.34. The van der Waals surface area contributed by atoms with E-state index >= 15 is 0 Å². The highest BCUT2D eigenvalue weighted by Crippen LogP contribution is 2.31. The number of anilines is 2. The average Bonchev–Trinajstić information content (AvgIpc) is 2.50. The van der Waals surface area contributed by atoms with Crippen LogP contribution in [0.15, 0.2) is 0 Å². The number of hydrogen-bond donors (Lipinski definition) is 2. The summed E-state index contributed by atoms with van der Waals surface area (Å²) in [4.78, 5) is 12.0.